The van der Waals surface area contributed by atoms with Gasteiger partial charge in [0.25, 0.3) is 0 Å². The van der Waals surface area contributed by atoms with E-state index in [-0.39, 0.29) is 5.91 Å². The number of carbonyl (C=O) groups excluding carboxylic acids is 1. The first-order chi connectivity index (χ1) is 8.66. The van der Waals surface area contributed by atoms with Gasteiger partial charge in [0, 0.05) is 25.3 Å². The quantitative estimate of drug-likeness (QED) is 0.823. The molecular weight excluding hydrogens is 228 g/mol. The zero-order chi connectivity index (χ0) is 13.0. The summed E-state index contributed by atoms with van der Waals surface area (Å²) in [7, 11) is 0. The van der Waals surface area contributed by atoms with E-state index >= 15 is 0 Å². The summed E-state index contributed by atoms with van der Waals surface area (Å²) in [5.74, 6) is 0.260. The molecule has 0 aliphatic carbocycles. The van der Waals surface area contributed by atoms with E-state index in [0.29, 0.717) is 11.5 Å². The molecule has 0 spiro atoms. The molecule has 0 aromatic heterocycles. The van der Waals surface area contributed by atoms with E-state index in [1.165, 1.54) is 5.56 Å². The monoisotopic (exact) mass is 248 g/mol. The van der Waals surface area contributed by atoms with Crippen molar-refractivity contribution in [3.8, 4) is 0 Å². The van der Waals surface area contributed by atoms with Crippen molar-refractivity contribution in [1.82, 2.24) is 5.32 Å². The molecule has 18 heavy (non-hydrogen) atoms. The molecule has 1 atom stereocenters. The molecular formula is C14H20N2O2. The summed E-state index contributed by atoms with van der Waals surface area (Å²) in [6.45, 7) is 5.56. The van der Waals surface area contributed by atoms with Gasteiger partial charge in [0.2, 0.25) is 5.91 Å². The summed E-state index contributed by atoms with van der Waals surface area (Å²) in [5.41, 5.74) is 8.12. The minimum absolute atomic E-state index is 0.374. The van der Waals surface area contributed by atoms with E-state index in [4.69, 9.17) is 10.5 Å². The number of aryl methyl sites for hydroxylation is 1. The van der Waals surface area contributed by atoms with Gasteiger partial charge in [-0.25, -0.2) is 0 Å². The van der Waals surface area contributed by atoms with Gasteiger partial charge < -0.3 is 15.8 Å². The van der Waals surface area contributed by atoms with Crippen LogP contribution in [0, 0.1) is 12.8 Å². The molecule has 1 aromatic carbocycles. The van der Waals surface area contributed by atoms with Crippen LogP contribution in [-0.2, 0) is 11.3 Å². The van der Waals surface area contributed by atoms with Gasteiger partial charge >= 0.3 is 0 Å². The van der Waals surface area contributed by atoms with Crippen LogP contribution in [0.5, 0.6) is 0 Å². The smallest absolute Gasteiger partial charge is 0.248 e. The lowest BCUT2D eigenvalue weighted by molar-refractivity contribution is 0.1000. The van der Waals surface area contributed by atoms with Crippen molar-refractivity contribution in [2.24, 2.45) is 11.7 Å². The van der Waals surface area contributed by atoms with Crippen LogP contribution in [0.1, 0.15) is 27.9 Å². The SMILES string of the molecule is Cc1cc(C(N)=O)ccc1CNCC1CCOC1. The lowest BCUT2D eigenvalue weighted by Gasteiger charge is -2.11. The number of nitrogens with two attached hydrogens (primary N) is 1. The van der Waals surface area contributed by atoms with Gasteiger partial charge in [-0.15, -0.1) is 0 Å². The van der Waals surface area contributed by atoms with Gasteiger partial charge in [-0.3, -0.25) is 4.79 Å². The second-order valence-corrected chi connectivity index (χ2v) is 4.87. The molecule has 1 unspecified atom stereocenters. The number of hydrogen-bond donors (Lipinski definition) is 2. The summed E-state index contributed by atoms with van der Waals surface area (Å²) in [6, 6.07) is 5.59. The zero-order valence-electron chi connectivity index (χ0n) is 10.7. The van der Waals surface area contributed by atoms with E-state index in [0.717, 1.165) is 38.3 Å². The Kier molecular flexibility index (Phi) is 4.33. The molecule has 1 fully saturated rings. The second-order valence-electron chi connectivity index (χ2n) is 4.87. The first kappa shape index (κ1) is 13.1. The predicted octanol–water partition coefficient (Wildman–Crippen LogP) is 1.22. The zero-order valence-corrected chi connectivity index (χ0v) is 10.7. The second kappa shape index (κ2) is 5.98. The Morgan fingerprint density at radius 1 is 1.56 bits per heavy atom. The predicted molar refractivity (Wildman–Crippen MR) is 70.3 cm³/mol. The molecule has 1 aromatic rings. The Bertz CT molecular complexity index is 426. The van der Waals surface area contributed by atoms with E-state index in [9.17, 15) is 4.79 Å². The third kappa shape index (κ3) is 3.31. The molecule has 4 heteroatoms. The molecule has 1 saturated heterocycles. The van der Waals surface area contributed by atoms with Gasteiger partial charge in [-0.2, -0.15) is 0 Å². The lowest BCUT2D eigenvalue weighted by Crippen LogP contribution is -2.23. The molecule has 1 aliphatic rings. The van der Waals surface area contributed by atoms with Crippen molar-refractivity contribution in [2.75, 3.05) is 19.8 Å². The topological polar surface area (TPSA) is 64.4 Å². The lowest BCUT2D eigenvalue weighted by atomic mass is 10.0. The molecule has 0 bridgehead atoms. The van der Waals surface area contributed by atoms with Crippen LogP contribution in [-0.4, -0.2) is 25.7 Å². The number of amides is 1. The molecule has 4 nitrogen and oxygen atoms in total. The van der Waals surface area contributed by atoms with Crippen molar-refractivity contribution < 1.29 is 9.53 Å². The summed E-state index contributed by atoms with van der Waals surface area (Å²) in [5, 5.41) is 3.44. The highest BCUT2D eigenvalue weighted by molar-refractivity contribution is 5.93. The Morgan fingerprint density at radius 3 is 3.00 bits per heavy atom. The Morgan fingerprint density at radius 2 is 2.39 bits per heavy atom. The van der Waals surface area contributed by atoms with E-state index in [2.05, 4.69) is 5.32 Å². The number of benzene rings is 1. The number of hydrogen-bond acceptors (Lipinski definition) is 3. The fraction of sp³-hybridized carbons (Fsp3) is 0.500. The van der Waals surface area contributed by atoms with Crippen LogP contribution in [0.3, 0.4) is 0 Å². The molecule has 2 rings (SSSR count). The van der Waals surface area contributed by atoms with Gasteiger partial charge in [-0.05, 0) is 42.5 Å². The summed E-state index contributed by atoms with van der Waals surface area (Å²) < 4.78 is 5.33. The largest absolute Gasteiger partial charge is 0.381 e. The first-order valence-corrected chi connectivity index (χ1v) is 6.34. The Hall–Kier alpha value is -1.39. The molecule has 0 saturated carbocycles. The standard InChI is InChI=1S/C14H20N2O2/c1-10-6-12(14(15)17)2-3-13(10)8-16-7-11-4-5-18-9-11/h2-3,6,11,16H,4-5,7-9H2,1H3,(H2,15,17). The minimum atomic E-state index is -0.374. The maximum absolute atomic E-state index is 11.0. The Labute approximate surface area is 108 Å². The number of primary amides is 1. The summed E-state index contributed by atoms with van der Waals surface area (Å²) in [6.07, 6.45) is 1.15. The van der Waals surface area contributed by atoms with Crippen LogP contribution < -0.4 is 11.1 Å². The molecule has 1 amide bonds. The van der Waals surface area contributed by atoms with Crippen LogP contribution in [0.2, 0.25) is 0 Å². The average molecular weight is 248 g/mol. The van der Waals surface area contributed by atoms with Gasteiger partial charge in [0.15, 0.2) is 0 Å². The van der Waals surface area contributed by atoms with Crippen molar-refractivity contribution >= 4 is 5.91 Å². The first-order valence-electron chi connectivity index (χ1n) is 6.34. The minimum Gasteiger partial charge on any atom is -0.381 e. The molecule has 0 radical (unpaired) electrons. The fourth-order valence-electron chi connectivity index (χ4n) is 2.20. The molecule has 1 heterocycles. The van der Waals surface area contributed by atoms with E-state index < -0.39 is 0 Å². The van der Waals surface area contributed by atoms with Crippen molar-refractivity contribution in [2.45, 2.75) is 19.9 Å². The van der Waals surface area contributed by atoms with Crippen molar-refractivity contribution in [3.63, 3.8) is 0 Å². The average Bonchev–Trinajstić information content (AvgIpc) is 2.84. The third-order valence-corrected chi connectivity index (χ3v) is 3.40. The van der Waals surface area contributed by atoms with Gasteiger partial charge in [0.1, 0.15) is 0 Å². The highest BCUT2D eigenvalue weighted by atomic mass is 16.5. The highest BCUT2D eigenvalue weighted by Crippen LogP contribution is 2.13. The maximum atomic E-state index is 11.0. The van der Waals surface area contributed by atoms with E-state index in [1.54, 1.807) is 6.07 Å². The van der Waals surface area contributed by atoms with Crippen LogP contribution in [0.15, 0.2) is 18.2 Å². The number of carbonyl (C=O) groups is 1. The number of nitrogens with one attached hydrogen (secondary N) is 1. The highest BCUT2D eigenvalue weighted by Gasteiger charge is 2.14. The third-order valence-electron chi connectivity index (χ3n) is 3.40. The number of rotatable bonds is 5. The van der Waals surface area contributed by atoms with Gasteiger partial charge in [0.05, 0.1) is 6.61 Å². The van der Waals surface area contributed by atoms with Crippen LogP contribution in [0.25, 0.3) is 0 Å². The number of ether oxygens (including phenoxy) is 1. The van der Waals surface area contributed by atoms with Crippen molar-refractivity contribution in [3.05, 3.63) is 34.9 Å². The maximum Gasteiger partial charge on any atom is 0.248 e. The van der Waals surface area contributed by atoms with E-state index in [1.807, 2.05) is 19.1 Å². The van der Waals surface area contributed by atoms with Crippen LogP contribution in [0.4, 0.5) is 0 Å². The molecule has 98 valence electrons. The molecule has 1 aliphatic heterocycles. The van der Waals surface area contributed by atoms with Gasteiger partial charge in [-0.1, -0.05) is 6.07 Å². The summed E-state index contributed by atoms with van der Waals surface area (Å²) in [4.78, 5) is 11.0. The Balaban J connectivity index is 1.87. The summed E-state index contributed by atoms with van der Waals surface area (Å²) >= 11 is 0. The molecule has 3 N–H and O–H groups in total. The van der Waals surface area contributed by atoms with Crippen molar-refractivity contribution in [1.29, 1.82) is 0 Å². The fourth-order valence-corrected chi connectivity index (χ4v) is 2.20. The van der Waals surface area contributed by atoms with Crippen LogP contribution >= 0.6 is 0 Å². The normalized spacial score (nSPS) is 19.1.